The molecule has 0 bridgehead atoms. The summed E-state index contributed by atoms with van der Waals surface area (Å²) in [7, 11) is -2.93. The molecule has 0 spiro atoms. The summed E-state index contributed by atoms with van der Waals surface area (Å²) in [6.07, 6.45) is 2.61. The number of sulfone groups is 1. The Morgan fingerprint density at radius 2 is 2.21 bits per heavy atom. The summed E-state index contributed by atoms with van der Waals surface area (Å²) in [6.45, 7) is 2.69. The van der Waals surface area contributed by atoms with Crippen LogP contribution < -0.4 is 5.73 Å². The predicted molar refractivity (Wildman–Crippen MR) is 71.6 cm³/mol. The van der Waals surface area contributed by atoms with Gasteiger partial charge in [-0.25, -0.2) is 13.1 Å². The number of aromatic nitrogens is 2. The van der Waals surface area contributed by atoms with E-state index in [1.54, 1.807) is 4.68 Å². The van der Waals surface area contributed by atoms with E-state index >= 15 is 0 Å². The second-order valence-electron chi connectivity index (χ2n) is 5.40. The van der Waals surface area contributed by atoms with Crippen molar-refractivity contribution in [1.82, 2.24) is 9.78 Å². The molecule has 2 atom stereocenters. The van der Waals surface area contributed by atoms with E-state index in [1.807, 2.05) is 6.92 Å². The van der Waals surface area contributed by atoms with E-state index in [0.29, 0.717) is 12.2 Å². The summed E-state index contributed by atoms with van der Waals surface area (Å²) in [6, 6.07) is -0.126. The molecule has 2 fully saturated rings. The van der Waals surface area contributed by atoms with Crippen LogP contribution in [-0.2, 0) is 14.6 Å². The Labute approximate surface area is 112 Å². The molecule has 1 aromatic rings. The summed E-state index contributed by atoms with van der Waals surface area (Å²) >= 11 is 0. The first-order valence-corrected chi connectivity index (χ1v) is 8.46. The lowest BCUT2D eigenvalue weighted by Crippen LogP contribution is -2.15. The molecule has 7 heteroatoms. The largest absolute Gasteiger partial charge is 0.384 e. The molecule has 2 saturated heterocycles. The maximum atomic E-state index is 11.6. The standard InChI is InChI=1S/C12H19N3O3S/c1-8-11(10-3-2-5-18-10)14-15(12(8)13)9-4-6-19(16,17)7-9/h9-10H,2-7,13H2,1H3. The molecule has 2 aliphatic heterocycles. The molecular formula is C12H19N3O3S. The fourth-order valence-corrected chi connectivity index (χ4v) is 4.59. The number of hydrogen-bond donors (Lipinski definition) is 1. The Morgan fingerprint density at radius 1 is 1.42 bits per heavy atom. The van der Waals surface area contributed by atoms with Gasteiger partial charge in [0.2, 0.25) is 0 Å². The minimum Gasteiger partial charge on any atom is -0.384 e. The van der Waals surface area contributed by atoms with Gasteiger partial charge in [-0.2, -0.15) is 5.10 Å². The lowest BCUT2D eigenvalue weighted by Gasteiger charge is -2.10. The zero-order chi connectivity index (χ0) is 13.6. The van der Waals surface area contributed by atoms with Crippen molar-refractivity contribution in [3.8, 4) is 0 Å². The van der Waals surface area contributed by atoms with Crippen molar-refractivity contribution < 1.29 is 13.2 Å². The van der Waals surface area contributed by atoms with Crippen LogP contribution in [0.2, 0.25) is 0 Å². The Hall–Kier alpha value is -1.08. The average molecular weight is 285 g/mol. The highest BCUT2D eigenvalue weighted by Gasteiger charge is 2.33. The third-order valence-corrected chi connectivity index (χ3v) is 5.77. The number of rotatable bonds is 2. The van der Waals surface area contributed by atoms with Crippen LogP contribution in [0.4, 0.5) is 5.82 Å². The van der Waals surface area contributed by atoms with Crippen LogP contribution >= 0.6 is 0 Å². The molecular weight excluding hydrogens is 266 g/mol. The Balaban J connectivity index is 1.92. The van der Waals surface area contributed by atoms with Crippen molar-refractivity contribution in [1.29, 1.82) is 0 Å². The monoisotopic (exact) mass is 285 g/mol. The molecule has 1 aromatic heterocycles. The smallest absolute Gasteiger partial charge is 0.152 e. The minimum atomic E-state index is -2.93. The summed E-state index contributed by atoms with van der Waals surface area (Å²) in [5.41, 5.74) is 7.89. The number of ether oxygens (including phenoxy) is 1. The van der Waals surface area contributed by atoms with E-state index < -0.39 is 9.84 Å². The van der Waals surface area contributed by atoms with Gasteiger partial charge in [0.25, 0.3) is 0 Å². The second-order valence-corrected chi connectivity index (χ2v) is 7.63. The molecule has 3 heterocycles. The number of anilines is 1. The summed E-state index contributed by atoms with van der Waals surface area (Å²) in [4.78, 5) is 0. The van der Waals surface area contributed by atoms with Gasteiger partial charge < -0.3 is 10.5 Å². The molecule has 106 valence electrons. The first-order valence-electron chi connectivity index (χ1n) is 6.64. The molecule has 0 aliphatic carbocycles. The van der Waals surface area contributed by atoms with Gasteiger partial charge in [-0.15, -0.1) is 0 Å². The SMILES string of the molecule is Cc1c(C2CCCO2)nn(C2CCS(=O)(=O)C2)c1N. The van der Waals surface area contributed by atoms with Crippen LogP contribution in [0.15, 0.2) is 0 Å². The summed E-state index contributed by atoms with van der Waals surface area (Å²) < 4.78 is 30.5. The van der Waals surface area contributed by atoms with E-state index in [2.05, 4.69) is 5.10 Å². The van der Waals surface area contributed by atoms with Gasteiger partial charge in [0.05, 0.1) is 23.2 Å². The topological polar surface area (TPSA) is 87.2 Å². The van der Waals surface area contributed by atoms with E-state index in [9.17, 15) is 8.42 Å². The third kappa shape index (κ3) is 2.25. The fraction of sp³-hybridized carbons (Fsp3) is 0.750. The van der Waals surface area contributed by atoms with Crippen molar-refractivity contribution >= 4 is 15.7 Å². The van der Waals surface area contributed by atoms with Gasteiger partial charge in [-0.1, -0.05) is 0 Å². The highest BCUT2D eigenvalue weighted by molar-refractivity contribution is 7.91. The quantitative estimate of drug-likeness (QED) is 0.875. The van der Waals surface area contributed by atoms with Crippen LogP contribution in [0.5, 0.6) is 0 Å². The van der Waals surface area contributed by atoms with Crippen LogP contribution in [-0.4, -0.2) is 36.3 Å². The van der Waals surface area contributed by atoms with E-state index in [4.69, 9.17) is 10.5 Å². The predicted octanol–water partition coefficient (Wildman–Crippen LogP) is 0.985. The van der Waals surface area contributed by atoms with Crippen LogP contribution in [0.3, 0.4) is 0 Å². The lowest BCUT2D eigenvalue weighted by molar-refractivity contribution is 0.107. The van der Waals surface area contributed by atoms with Gasteiger partial charge in [0.1, 0.15) is 11.9 Å². The van der Waals surface area contributed by atoms with E-state index in [1.165, 1.54) is 0 Å². The van der Waals surface area contributed by atoms with Gasteiger partial charge >= 0.3 is 0 Å². The molecule has 0 radical (unpaired) electrons. The summed E-state index contributed by atoms with van der Waals surface area (Å²) in [5.74, 6) is 0.946. The van der Waals surface area contributed by atoms with E-state index in [0.717, 1.165) is 30.7 Å². The Morgan fingerprint density at radius 3 is 2.79 bits per heavy atom. The molecule has 2 aliphatic rings. The van der Waals surface area contributed by atoms with Gasteiger partial charge in [0, 0.05) is 12.2 Å². The maximum absolute atomic E-state index is 11.6. The molecule has 3 rings (SSSR count). The molecule has 0 aromatic carbocycles. The third-order valence-electron chi connectivity index (χ3n) is 4.02. The van der Waals surface area contributed by atoms with Crippen LogP contribution in [0.1, 0.15) is 42.7 Å². The molecule has 2 unspecified atom stereocenters. The van der Waals surface area contributed by atoms with Crippen molar-refractivity contribution in [3.63, 3.8) is 0 Å². The fourth-order valence-electron chi connectivity index (χ4n) is 2.89. The molecule has 19 heavy (non-hydrogen) atoms. The normalized spacial score (nSPS) is 29.9. The van der Waals surface area contributed by atoms with Gasteiger partial charge in [-0.3, -0.25) is 0 Å². The number of nitrogens with two attached hydrogens (primary N) is 1. The maximum Gasteiger partial charge on any atom is 0.152 e. The van der Waals surface area contributed by atoms with Crippen molar-refractivity contribution in [3.05, 3.63) is 11.3 Å². The Bertz CT molecular complexity index is 588. The highest BCUT2D eigenvalue weighted by atomic mass is 32.2. The number of nitrogens with zero attached hydrogens (tertiary/aromatic N) is 2. The van der Waals surface area contributed by atoms with Crippen LogP contribution in [0, 0.1) is 6.92 Å². The van der Waals surface area contributed by atoms with Crippen molar-refractivity contribution in [2.45, 2.75) is 38.3 Å². The Kier molecular flexibility index (Phi) is 3.05. The van der Waals surface area contributed by atoms with Crippen molar-refractivity contribution in [2.75, 3.05) is 23.8 Å². The molecule has 2 N–H and O–H groups in total. The first kappa shape index (κ1) is 12.9. The highest BCUT2D eigenvalue weighted by Crippen LogP contribution is 2.34. The second kappa shape index (κ2) is 4.49. The van der Waals surface area contributed by atoms with E-state index in [-0.39, 0.29) is 23.7 Å². The minimum absolute atomic E-state index is 0.0153. The molecule has 0 amide bonds. The number of hydrogen-bond acceptors (Lipinski definition) is 5. The lowest BCUT2D eigenvalue weighted by atomic mass is 10.1. The molecule has 6 nitrogen and oxygen atoms in total. The van der Waals surface area contributed by atoms with Crippen molar-refractivity contribution in [2.24, 2.45) is 0 Å². The zero-order valence-electron chi connectivity index (χ0n) is 11.0. The zero-order valence-corrected chi connectivity index (χ0v) is 11.8. The summed E-state index contributed by atoms with van der Waals surface area (Å²) in [5, 5.41) is 4.54. The number of nitrogen functional groups attached to an aromatic ring is 1. The first-order chi connectivity index (χ1) is 8.98. The average Bonchev–Trinajstić information content (AvgIpc) is 3.03. The molecule has 0 saturated carbocycles. The van der Waals surface area contributed by atoms with Gasteiger partial charge in [-0.05, 0) is 26.2 Å². The van der Waals surface area contributed by atoms with Crippen LogP contribution in [0.25, 0.3) is 0 Å². The van der Waals surface area contributed by atoms with Gasteiger partial charge in [0.15, 0.2) is 9.84 Å².